The first-order valence-corrected chi connectivity index (χ1v) is 9.02. The maximum absolute atomic E-state index is 12.5. The van der Waals surface area contributed by atoms with E-state index in [1.165, 1.54) is 5.56 Å². The minimum Gasteiger partial charge on any atom is -0.375 e. The second kappa shape index (κ2) is 8.31. The largest absolute Gasteiger partial charge is 0.375 e. The van der Waals surface area contributed by atoms with Gasteiger partial charge in [-0.15, -0.1) is 0 Å². The fraction of sp³-hybridized carbons (Fsp3) is 0.526. The molecule has 140 valence electrons. The van der Waals surface area contributed by atoms with Crippen LogP contribution in [0.15, 0.2) is 30.7 Å². The average Bonchev–Trinajstić information content (AvgIpc) is 3.05. The lowest BCUT2D eigenvalue weighted by atomic mass is 10.1. The smallest absolute Gasteiger partial charge is 0.244 e. The molecule has 2 aromatic heterocycles. The summed E-state index contributed by atoms with van der Waals surface area (Å²) in [6, 6.07) is 4.14. The minimum absolute atomic E-state index is 0.0722. The quantitative estimate of drug-likeness (QED) is 0.784. The van der Waals surface area contributed by atoms with Gasteiger partial charge in [0.15, 0.2) is 0 Å². The summed E-state index contributed by atoms with van der Waals surface area (Å²) in [7, 11) is 3.97. The number of morpholine rings is 1. The van der Waals surface area contributed by atoms with Crippen LogP contribution in [0.5, 0.6) is 0 Å². The fourth-order valence-electron chi connectivity index (χ4n) is 3.10. The molecule has 0 spiro atoms. The number of hydrogen-bond acceptors (Lipinski definition) is 5. The second-order valence-electron chi connectivity index (χ2n) is 7.00. The number of nitrogens with zero attached hydrogens (tertiary/aromatic N) is 5. The fourth-order valence-corrected chi connectivity index (χ4v) is 3.10. The van der Waals surface area contributed by atoms with Crippen LogP contribution in [0.2, 0.25) is 0 Å². The van der Waals surface area contributed by atoms with Crippen LogP contribution in [0, 0.1) is 6.92 Å². The van der Waals surface area contributed by atoms with Gasteiger partial charge in [-0.1, -0.05) is 0 Å². The number of amides is 1. The minimum atomic E-state index is 0.0722. The molecule has 1 amide bonds. The van der Waals surface area contributed by atoms with Crippen molar-refractivity contribution in [1.29, 1.82) is 0 Å². The van der Waals surface area contributed by atoms with Crippen molar-refractivity contribution in [2.24, 2.45) is 0 Å². The monoisotopic (exact) mass is 357 g/mol. The summed E-state index contributed by atoms with van der Waals surface area (Å²) in [5.41, 5.74) is 2.30. The topological polar surface area (TPSA) is 63.5 Å². The van der Waals surface area contributed by atoms with E-state index in [4.69, 9.17) is 4.74 Å². The standard InChI is InChI=1S/C19H27N5O2/c1-15-11-21-24(12-15)14-19(25)23-8-9-26-17(13-23)5-4-16-6-7-20-18(10-16)22(2)3/h6-7,10-12,17H,4-5,8-9,13-14H2,1-3H3. The zero-order valence-corrected chi connectivity index (χ0v) is 15.8. The molecule has 2 aromatic rings. The number of anilines is 1. The number of carbonyl (C=O) groups excluding carboxylic acids is 1. The molecule has 1 aliphatic heterocycles. The van der Waals surface area contributed by atoms with Crippen LogP contribution in [0.1, 0.15) is 17.5 Å². The third kappa shape index (κ3) is 4.82. The van der Waals surface area contributed by atoms with Gasteiger partial charge in [-0.2, -0.15) is 5.10 Å². The van der Waals surface area contributed by atoms with Crippen molar-refractivity contribution in [3.05, 3.63) is 41.9 Å². The van der Waals surface area contributed by atoms with E-state index in [1.807, 2.05) is 49.3 Å². The number of aryl methyl sites for hydroxylation is 2. The van der Waals surface area contributed by atoms with Gasteiger partial charge < -0.3 is 14.5 Å². The number of pyridine rings is 1. The Bertz CT molecular complexity index is 743. The molecule has 3 heterocycles. The highest BCUT2D eigenvalue weighted by Gasteiger charge is 2.24. The zero-order valence-electron chi connectivity index (χ0n) is 15.8. The summed E-state index contributed by atoms with van der Waals surface area (Å²) in [4.78, 5) is 20.7. The molecule has 1 aliphatic rings. The summed E-state index contributed by atoms with van der Waals surface area (Å²) in [5, 5.41) is 4.20. The molecule has 1 fully saturated rings. The Labute approximate surface area is 154 Å². The lowest BCUT2D eigenvalue weighted by Crippen LogP contribution is -2.46. The van der Waals surface area contributed by atoms with Crippen molar-refractivity contribution >= 4 is 11.7 Å². The Balaban J connectivity index is 1.52. The number of rotatable bonds is 6. The summed E-state index contributed by atoms with van der Waals surface area (Å²) in [6.07, 6.45) is 7.38. The molecule has 0 N–H and O–H groups in total. The summed E-state index contributed by atoms with van der Waals surface area (Å²) in [5.74, 6) is 1.05. The van der Waals surface area contributed by atoms with Gasteiger partial charge in [-0.3, -0.25) is 9.48 Å². The molecular weight excluding hydrogens is 330 g/mol. The highest BCUT2D eigenvalue weighted by Crippen LogP contribution is 2.16. The molecule has 0 saturated carbocycles. The van der Waals surface area contributed by atoms with Crippen molar-refractivity contribution in [2.45, 2.75) is 32.4 Å². The molecule has 7 nitrogen and oxygen atoms in total. The Hall–Kier alpha value is -2.41. The molecule has 0 aromatic carbocycles. The Morgan fingerprint density at radius 1 is 1.42 bits per heavy atom. The average molecular weight is 357 g/mol. The van der Waals surface area contributed by atoms with Crippen molar-refractivity contribution in [3.8, 4) is 0 Å². The van der Waals surface area contributed by atoms with Crippen LogP contribution in [0.4, 0.5) is 5.82 Å². The first kappa shape index (κ1) is 18.4. The van der Waals surface area contributed by atoms with E-state index in [2.05, 4.69) is 16.1 Å². The Morgan fingerprint density at radius 3 is 3.00 bits per heavy atom. The van der Waals surface area contributed by atoms with Gasteiger partial charge in [0, 0.05) is 39.6 Å². The van der Waals surface area contributed by atoms with Crippen LogP contribution in [0.25, 0.3) is 0 Å². The van der Waals surface area contributed by atoms with Gasteiger partial charge in [0.25, 0.3) is 0 Å². The van der Waals surface area contributed by atoms with E-state index in [0.717, 1.165) is 24.2 Å². The molecule has 1 atom stereocenters. The van der Waals surface area contributed by atoms with Crippen LogP contribution >= 0.6 is 0 Å². The van der Waals surface area contributed by atoms with Crippen molar-refractivity contribution in [1.82, 2.24) is 19.7 Å². The van der Waals surface area contributed by atoms with E-state index in [1.54, 1.807) is 10.9 Å². The summed E-state index contributed by atoms with van der Waals surface area (Å²) < 4.78 is 7.57. The summed E-state index contributed by atoms with van der Waals surface area (Å²) in [6.45, 7) is 4.14. The van der Waals surface area contributed by atoms with Crippen molar-refractivity contribution in [3.63, 3.8) is 0 Å². The molecule has 1 saturated heterocycles. The maximum atomic E-state index is 12.5. The predicted octanol–water partition coefficient (Wildman–Crippen LogP) is 1.51. The lowest BCUT2D eigenvalue weighted by molar-refractivity contribution is -0.139. The van der Waals surface area contributed by atoms with E-state index in [0.29, 0.717) is 19.7 Å². The summed E-state index contributed by atoms with van der Waals surface area (Å²) >= 11 is 0. The highest BCUT2D eigenvalue weighted by atomic mass is 16.5. The molecule has 3 rings (SSSR count). The van der Waals surface area contributed by atoms with Gasteiger partial charge in [0.2, 0.25) is 5.91 Å². The van der Waals surface area contributed by atoms with Gasteiger partial charge in [-0.25, -0.2) is 4.98 Å². The number of carbonyl (C=O) groups is 1. The van der Waals surface area contributed by atoms with E-state index < -0.39 is 0 Å². The number of aromatic nitrogens is 3. The second-order valence-corrected chi connectivity index (χ2v) is 7.00. The highest BCUT2D eigenvalue weighted by molar-refractivity contribution is 5.76. The lowest BCUT2D eigenvalue weighted by Gasteiger charge is -2.33. The normalized spacial score (nSPS) is 17.3. The van der Waals surface area contributed by atoms with Crippen LogP contribution in [-0.4, -0.2) is 65.5 Å². The van der Waals surface area contributed by atoms with Gasteiger partial charge in [0.1, 0.15) is 12.4 Å². The Kier molecular flexibility index (Phi) is 5.88. The number of ether oxygens (including phenoxy) is 1. The first-order chi connectivity index (χ1) is 12.5. The van der Waals surface area contributed by atoms with Crippen molar-refractivity contribution < 1.29 is 9.53 Å². The first-order valence-electron chi connectivity index (χ1n) is 9.02. The van der Waals surface area contributed by atoms with Gasteiger partial charge in [-0.05, 0) is 43.0 Å². The zero-order chi connectivity index (χ0) is 18.5. The Morgan fingerprint density at radius 2 is 2.27 bits per heavy atom. The van der Waals surface area contributed by atoms with Crippen LogP contribution < -0.4 is 4.90 Å². The molecular formula is C19H27N5O2. The third-order valence-electron chi connectivity index (χ3n) is 4.57. The molecule has 1 unspecified atom stereocenters. The molecule has 0 aliphatic carbocycles. The van der Waals surface area contributed by atoms with Gasteiger partial charge in [0.05, 0.1) is 18.9 Å². The van der Waals surface area contributed by atoms with Crippen LogP contribution in [-0.2, 0) is 22.5 Å². The van der Waals surface area contributed by atoms with Gasteiger partial charge >= 0.3 is 0 Å². The van der Waals surface area contributed by atoms with Crippen molar-refractivity contribution in [2.75, 3.05) is 38.7 Å². The predicted molar refractivity (Wildman–Crippen MR) is 100 cm³/mol. The molecule has 26 heavy (non-hydrogen) atoms. The maximum Gasteiger partial charge on any atom is 0.244 e. The molecule has 7 heteroatoms. The van der Waals surface area contributed by atoms with E-state index in [9.17, 15) is 4.79 Å². The van der Waals surface area contributed by atoms with Crippen LogP contribution in [0.3, 0.4) is 0 Å². The van der Waals surface area contributed by atoms with E-state index in [-0.39, 0.29) is 18.6 Å². The third-order valence-corrected chi connectivity index (χ3v) is 4.57. The number of hydrogen-bond donors (Lipinski definition) is 0. The SMILES string of the molecule is Cc1cnn(CC(=O)N2CCOC(CCc3ccnc(N(C)C)c3)C2)c1. The van der Waals surface area contributed by atoms with E-state index >= 15 is 0 Å². The molecule has 0 bridgehead atoms. The molecule has 0 radical (unpaired) electrons.